The lowest BCUT2D eigenvalue weighted by Crippen LogP contribution is -2.28. The van der Waals surface area contributed by atoms with Gasteiger partial charge in [0, 0.05) is 23.9 Å². The fourth-order valence-corrected chi connectivity index (χ4v) is 2.98. The van der Waals surface area contributed by atoms with Crippen LogP contribution < -0.4 is 25.1 Å². The number of nitrogens with one attached hydrogen (secondary N) is 2. The third kappa shape index (κ3) is 4.36. The van der Waals surface area contributed by atoms with E-state index < -0.39 is 0 Å². The second-order valence-electron chi connectivity index (χ2n) is 6.58. The van der Waals surface area contributed by atoms with E-state index in [-0.39, 0.29) is 24.6 Å². The first-order valence-electron chi connectivity index (χ1n) is 9.63. The van der Waals surface area contributed by atoms with E-state index in [1.165, 1.54) is 18.3 Å². The monoisotopic (exact) mass is 436 g/mol. The van der Waals surface area contributed by atoms with Gasteiger partial charge in [-0.2, -0.15) is 4.52 Å². The van der Waals surface area contributed by atoms with Crippen LogP contribution in [0.3, 0.4) is 0 Å². The van der Waals surface area contributed by atoms with Gasteiger partial charge in [0.1, 0.15) is 6.61 Å². The number of benzene rings is 1. The zero-order valence-electron chi connectivity index (χ0n) is 17.4. The molecule has 4 rings (SSSR count). The summed E-state index contributed by atoms with van der Waals surface area (Å²) in [7, 11) is 3.13. The van der Waals surface area contributed by atoms with Gasteiger partial charge in [-0.05, 0) is 30.3 Å². The number of rotatable bonds is 8. The predicted octanol–water partition coefficient (Wildman–Crippen LogP) is 1.31. The number of aromatic nitrogens is 5. The molecule has 0 radical (unpaired) electrons. The molecule has 3 heterocycles. The van der Waals surface area contributed by atoms with Crippen molar-refractivity contribution in [1.29, 1.82) is 0 Å². The van der Waals surface area contributed by atoms with Crippen LogP contribution in [0.25, 0.3) is 17.0 Å². The largest absolute Gasteiger partial charge is 0.493 e. The van der Waals surface area contributed by atoms with Crippen molar-refractivity contribution >= 4 is 11.6 Å². The van der Waals surface area contributed by atoms with E-state index in [4.69, 9.17) is 14.2 Å². The maximum absolute atomic E-state index is 12.1. The quantitative estimate of drug-likeness (QED) is 0.395. The average molecular weight is 436 g/mol. The highest BCUT2D eigenvalue weighted by Crippen LogP contribution is 2.31. The first-order chi connectivity index (χ1) is 15.6. The van der Waals surface area contributed by atoms with Crippen molar-refractivity contribution in [2.45, 2.75) is 0 Å². The molecule has 0 atom stereocenters. The highest BCUT2D eigenvalue weighted by molar-refractivity contribution is 5.93. The maximum atomic E-state index is 12.1. The van der Waals surface area contributed by atoms with Crippen LogP contribution in [0.2, 0.25) is 0 Å². The number of nitrogens with zero attached hydrogens (tertiary/aromatic N) is 4. The van der Waals surface area contributed by atoms with Gasteiger partial charge in [-0.3, -0.25) is 9.59 Å². The average Bonchev–Trinajstić information content (AvgIpc) is 3.25. The predicted molar refractivity (Wildman–Crippen MR) is 114 cm³/mol. The lowest BCUT2D eigenvalue weighted by atomic mass is 10.2. The number of pyridine rings is 1. The Bertz CT molecular complexity index is 1300. The first kappa shape index (κ1) is 20.8. The number of H-pyrrole nitrogens is 1. The summed E-state index contributed by atoms with van der Waals surface area (Å²) in [6, 6.07) is 11.5. The summed E-state index contributed by atoms with van der Waals surface area (Å²) >= 11 is 0. The van der Waals surface area contributed by atoms with Crippen LogP contribution in [0.4, 0.5) is 0 Å². The molecule has 0 unspecified atom stereocenters. The number of amides is 1. The normalized spacial score (nSPS) is 10.7. The summed E-state index contributed by atoms with van der Waals surface area (Å²) < 4.78 is 17.8. The molecule has 11 nitrogen and oxygen atoms in total. The molecule has 0 saturated heterocycles. The van der Waals surface area contributed by atoms with Crippen LogP contribution >= 0.6 is 0 Å². The molecule has 0 aliphatic rings. The number of aromatic amines is 1. The van der Waals surface area contributed by atoms with Crippen molar-refractivity contribution in [1.82, 2.24) is 30.1 Å². The van der Waals surface area contributed by atoms with Crippen molar-refractivity contribution < 1.29 is 19.0 Å². The third-order valence-corrected chi connectivity index (χ3v) is 4.56. The zero-order valence-corrected chi connectivity index (χ0v) is 17.4. The Balaban J connectivity index is 1.44. The van der Waals surface area contributed by atoms with Gasteiger partial charge in [-0.1, -0.05) is 0 Å². The van der Waals surface area contributed by atoms with Crippen LogP contribution in [0.1, 0.15) is 10.4 Å². The number of hydrogen-bond acceptors (Lipinski definition) is 8. The van der Waals surface area contributed by atoms with E-state index in [0.717, 1.165) is 5.56 Å². The van der Waals surface area contributed by atoms with E-state index >= 15 is 0 Å². The minimum absolute atomic E-state index is 0.196. The Morgan fingerprint density at radius 3 is 2.66 bits per heavy atom. The Hall–Kier alpha value is -4.41. The minimum atomic E-state index is -0.317. The summed E-state index contributed by atoms with van der Waals surface area (Å²) in [4.78, 5) is 25.6. The Morgan fingerprint density at radius 1 is 1.06 bits per heavy atom. The summed E-state index contributed by atoms with van der Waals surface area (Å²) in [6.45, 7) is 0.448. The van der Waals surface area contributed by atoms with Gasteiger partial charge in [0.05, 0.1) is 26.3 Å². The van der Waals surface area contributed by atoms with E-state index in [2.05, 4.69) is 25.6 Å². The van der Waals surface area contributed by atoms with E-state index in [1.807, 2.05) is 6.07 Å². The van der Waals surface area contributed by atoms with Crippen molar-refractivity contribution in [3.8, 4) is 28.8 Å². The standard InChI is InChI=1S/C21H20N6O5/c1-30-15-5-3-13(11-16(15)31-2)20-25-24-17-6-8-19(26-27(17)20)32-10-9-22-21(29)14-4-7-18(28)23-12-14/h3-8,11-12H,9-10H2,1-2H3,(H,22,29)(H,23,28). The summed E-state index contributed by atoms with van der Waals surface area (Å²) in [5.41, 5.74) is 1.38. The van der Waals surface area contributed by atoms with Gasteiger partial charge < -0.3 is 24.5 Å². The molecular weight excluding hydrogens is 416 g/mol. The van der Waals surface area contributed by atoms with E-state index in [1.54, 1.807) is 43.0 Å². The maximum Gasteiger partial charge on any atom is 0.252 e. The number of carbonyl (C=O) groups excluding carboxylic acids is 1. The highest BCUT2D eigenvalue weighted by Gasteiger charge is 2.14. The van der Waals surface area contributed by atoms with Crippen molar-refractivity contribution in [2.24, 2.45) is 0 Å². The first-order valence-corrected chi connectivity index (χ1v) is 9.63. The molecule has 164 valence electrons. The number of ether oxygens (including phenoxy) is 3. The second kappa shape index (κ2) is 9.16. The molecule has 2 N–H and O–H groups in total. The van der Waals surface area contributed by atoms with Crippen LogP contribution in [-0.2, 0) is 0 Å². The lowest BCUT2D eigenvalue weighted by molar-refractivity contribution is 0.0946. The van der Waals surface area contributed by atoms with Crippen LogP contribution in [0.5, 0.6) is 17.4 Å². The minimum Gasteiger partial charge on any atom is -0.493 e. The van der Waals surface area contributed by atoms with Gasteiger partial charge in [0.15, 0.2) is 23.0 Å². The van der Waals surface area contributed by atoms with Gasteiger partial charge in [0.25, 0.3) is 5.91 Å². The molecular formula is C21H20N6O5. The second-order valence-corrected chi connectivity index (χ2v) is 6.58. The molecule has 4 aromatic rings. The summed E-state index contributed by atoms with van der Waals surface area (Å²) in [5, 5.41) is 15.5. The molecule has 11 heteroatoms. The summed E-state index contributed by atoms with van der Waals surface area (Å²) in [5.74, 6) is 1.70. The molecule has 0 saturated carbocycles. The molecule has 1 amide bonds. The Morgan fingerprint density at radius 2 is 1.91 bits per heavy atom. The molecule has 3 aromatic heterocycles. The zero-order chi connectivity index (χ0) is 22.5. The van der Waals surface area contributed by atoms with Crippen molar-refractivity contribution in [2.75, 3.05) is 27.4 Å². The topological polar surface area (TPSA) is 133 Å². The molecule has 0 spiro atoms. The molecule has 0 fully saturated rings. The van der Waals surface area contributed by atoms with Crippen LogP contribution in [0, 0.1) is 0 Å². The van der Waals surface area contributed by atoms with Crippen LogP contribution in [0.15, 0.2) is 53.5 Å². The number of methoxy groups -OCH3 is 2. The number of carbonyl (C=O) groups is 1. The van der Waals surface area contributed by atoms with Crippen LogP contribution in [-0.4, -0.2) is 58.1 Å². The van der Waals surface area contributed by atoms with Gasteiger partial charge in [-0.25, -0.2) is 0 Å². The van der Waals surface area contributed by atoms with E-state index in [9.17, 15) is 9.59 Å². The SMILES string of the molecule is COc1ccc(-c2nnc3ccc(OCCNC(=O)c4ccc(=O)[nH]c4)nn23)cc1OC. The Kier molecular flexibility index (Phi) is 5.97. The molecule has 1 aromatic carbocycles. The molecule has 0 aliphatic heterocycles. The highest BCUT2D eigenvalue weighted by atomic mass is 16.5. The van der Waals surface area contributed by atoms with Crippen molar-refractivity contribution in [3.05, 3.63) is 64.6 Å². The fourth-order valence-electron chi connectivity index (χ4n) is 2.98. The van der Waals surface area contributed by atoms with E-state index in [0.29, 0.717) is 34.4 Å². The molecule has 0 bridgehead atoms. The number of hydrogen-bond donors (Lipinski definition) is 2. The number of fused-ring (bicyclic) bond motifs is 1. The molecule has 0 aliphatic carbocycles. The van der Waals surface area contributed by atoms with Gasteiger partial charge in [-0.15, -0.1) is 15.3 Å². The third-order valence-electron chi connectivity index (χ3n) is 4.56. The van der Waals surface area contributed by atoms with Crippen molar-refractivity contribution in [3.63, 3.8) is 0 Å². The lowest BCUT2D eigenvalue weighted by Gasteiger charge is -2.09. The Labute approximate surface area is 182 Å². The smallest absolute Gasteiger partial charge is 0.252 e. The van der Waals surface area contributed by atoms with Gasteiger partial charge in [0.2, 0.25) is 11.4 Å². The molecule has 32 heavy (non-hydrogen) atoms. The summed E-state index contributed by atoms with van der Waals surface area (Å²) in [6.07, 6.45) is 1.36. The van der Waals surface area contributed by atoms with Gasteiger partial charge >= 0.3 is 0 Å². The fraction of sp³-hybridized carbons (Fsp3) is 0.190.